The van der Waals surface area contributed by atoms with Crippen LogP contribution in [0.2, 0.25) is 0 Å². The first-order chi connectivity index (χ1) is 8.33. The van der Waals surface area contributed by atoms with E-state index in [-0.39, 0.29) is 18.9 Å². The molecule has 0 bridgehead atoms. The van der Waals surface area contributed by atoms with Gasteiger partial charge in [-0.15, -0.1) is 0 Å². The van der Waals surface area contributed by atoms with Crippen molar-refractivity contribution in [1.29, 1.82) is 0 Å². The third kappa shape index (κ3) is 4.37. The number of aliphatic hydroxyl groups excluding tert-OH is 1. The second kappa shape index (κ2) is 5.86. The average molecular weight is 261 g/mol. The molecule has 0 fully saturated rings. The number of nitrogens with zero attached hydrogens (tertiary/aromatic N) is 1. The maximum atomic E-state index is 12.3. The van der Waals surface area contributed by atoms with Gasteiger partial charge >= 0.3 is 6.18 Å². The van der Waals surface area contributed by atoms with Gasteiger partial charge in [0.2, 0.25) is 0 Å². The van der Waals surface area contributed by atoms with Crippen LogP contribution < -0.4 is 4.90 Å². The van der Waals surface area contributed by atoms with Crippen molar-refractivity contribution >= 4 is 11.5 Å². The van der Waals surface area contributed by atoms with Crippen LogP contribution in [0, 0.1) is 0 Å². The lowest BCUT2D eigenvalue weighted by Gasteiger charge is -2.25. The number of alkyl halides is 3. The molecule has 0 saturated carbocycles. The summed E-state index contributed by atoms with van der Waals surface area (Å²) in [5.41, 5.74) is 0.765. The van der Waals surface area contributed by atoms with E-state index in [9.17, 15) is 18.0 Å². The molecule has 0 atom stereocenters. The number of hydrogen-bond donors (Lipinski definition) is 1. The summed E-state index contributed by atoms with van der Waals surface area (Å²) in [6.45, 7) is -0.230. The molecule has 100 valence electrons. The minimum Gasteiger partial charge on any atom is -0.395 e. The predicted octanol–water partition coefficient (Wildman–Crippen LogP) is 2.25. The third-order valence-corrected chi connectivity index (χ3v) is 2.38. The number of halogens is 3. The van der Waals surface area contributed by atoms with E-state index in [4.69, 9.17) is 5.11 Å². The Hall–Kier alpha value is -1.56. The maximum Gasteiger partial charge on any atom is 0.405 e. The molecule has 0 radical (unpaired) electrons. The smallest absolute Gasteiger partial charge is 0.395 e. The molecule has 1 rings (SSSR count). The second-order valence-electron chi connectivity index (χ2n) is 3.86. The van der Waals surface area contributed by atoms with Crippen LogP contribution in [0.15, 0.2) is 24.3 Å². The predicted molar refractivity (Wildman–Crippen MR) is 61.8 cm³/mol. The first-order valence-electron chi connectivity index (χ1n) is 5.37. The van der Waals surface area contributed by atoms with E-state index < -0.39 is 12.7 Å². The fourth-order valence-corrected chi connectivity index (χ4v) is 1.54. The van der Waals surface area contributed by atoms with Crippen molar-refractivity contribution < 1.29 is 23.1 Å². The zero-order valence-electron chi connectivity index (χ0n) is 9.87. The van der Waals surface area contributed by atoms with E-state index in [0.29, 0.717) is 11.3 Å². The quantitative estimate of drug-likeness (QED) is 0.826. The molecule has 0 aliphatic heterocycles. The van der Waals surface area contributed by atoms with E-state index in [1.54, 1.807) is 0 Å². The number of benzene rings is 1. The summed E-state index contributed by atoms with van der Waals surface area (Å²) in [6.07, 6.45) is -4.34. The molecule has 1 aromatic carbocycles. The highest BCUT2D eigenvalue weighted by molar-refractivity contribution is 5.94. The highest BCUT2D eigenvalue weighted by atomic mass is 19.4. The van der Waals surface area contributed by atoms with Gasteiger partial charge in [-0.3, -0.25) is 4.79 Å². The maximum absolute atomic E-state index is 12.3. The van der Waals surface area contributed by atoms with Gasteiger partial charge in [0.15, 0.2) is 5.78 Å². The molecule has 0 amide bonds. The Morgan fingerprint density at radius 1 is 1.28 bits per heavy atom. The number of carbonyl (C=O) groups excluding carboxylic acids is 1. The van der Waals surface area contributed by atoms with Gasteiger partial charge in [-0.1, -0.05) is 0 Å². The van der Waals surface area contributed by atoms with Crippen molar-refractivity contribution in [1.82, 2.24) is 0 Å². The topological polar surface area (TPSA) is 40.5 Å². The van der Waals surface area contributed by atoms with Gasteiger partial charge in [0.25, 0.3) is 0 Å². The fraction of sp³-hybridized carbons (Fsp3) is 0.417. The summed E-state index contributed by atoms with van der Waals surface area (Å²) in [5.74, 6) is -0.147. The molecular formula is C12H14F3NO2. The summed E-state index contributed by atoms with van der Waals surface area (Å²) >= 11 is 0. The van der Waals surface area contributed by atoms with Gasteiger partial charge in [0.1, 0.15) is 6.54 Å². The van der Waals surface area contributed by atoms with E-state index in [1.165, 1.54) is 31.2 Å². The SMILES string of the molecule is CC(=O)c1ccc(N(CCO)CC(F)(F)F)cc1. The van der Waals surface area contributed by atoms with Crippen LogP contribution in [0.1, 0.15) is 17.3 Å². The van der Waals surface area contributed by atoms with E-state index in [0.717, 1.165) is 4.90 Å². The van der Waals surface area contributed by atoms with Crippen LogP contribution in [0.25, 0.3) is 0 Å². The lowest BCUT2D eigenvalue weighted by atomic mass is 10.1. The van der Waals surface area contributed by atoms with E-state index in [1.807, 2.05) is 0 Å². The number of rotatable bonds is 5. The highest BCUT2D eigenvalue weighted by Crippen LogP contribution is 2.22. The van der Waals surface area contributed by atoms with Gasteiger partial charge < -0.3 is 10.0 Å². The van der Waals surface area contributed by atoms with Gasteiger partial charge in [0.05, 0.1) is 6.61 Å². The van der Waals surface area contributed by atoms with Crippen molar-refractivity contribution in [3.05, 3.63) is 29.8 Å². The molecule has 0 aliphatic rings. The zero-order valence-corrected chi connectivity index (χ0v) is 9.87. The number of hydrogen-bond acceptors (Lipinski definition) is 3. The van der Waals surface area contributed by atoms with Crippen molar-refractivity contribution in [3.63, 3.8) is 0 Å². The zero-order chi connectivity index (χ0) is 13.8. The molecule has 6 heteroatoms. The normalized spacial score (nSPS) is 11.4. The number of carbonyl (C=O) groups is 1. The van der Waals surface area contributed by atoms with Crippen molar-refractivity contribution in [2.45, 2.75) is 13.1 Å². The molecule has 3 nitrogen and oxygen atoms in total. The van der Waals surface area contributed by atoms with Gasteiger partial charge in [0, 0.05) is 17.8 Å². The fourth-order valence-electron chi connectivity index (χ4n) is 1.54. The molecule has 0 aromatic heterocycles. The molecular weight excluding hydrogens is 247 g/mol. The Kier molecular flexibility index (Phi) is 4.72. The van der Waals surface area contributed by atoms with Crippen LogP contribution >= 0.6 is 0 Å². The molecule has 0 aliphatic carbocycles. The van der Waals surface area contributed by atoms with E-state index in [2.05, 4.69) is 0 Å². The third-order valence-electron chi connectivity index (χ3n) is 2.38. The van der Waals surface area contributed by atoms with Crippen LogP contribution in [-0.4, -0.2) is 36.8 Å². The van der Waals surface area contributed by atoms with Crippen molar-refractivity contribution in [2.24, 2.45) is 0 Å². The molecule has 0 spiro atoms. The molecule has 0 saturated heterocycles. The van der Waals surface area contributed by atoms with Gasteiger partial charge in [-0.05, 0) is 31.2 Å². The van der Waals surface area contributed by atoms with Crippen molar-refractivity contribution in [2.75, 3.05) is 24.6 Å². The molecule has 1 aromatic rings. The minimum absolute atomic E-state index is 0.112. The molecule has 1 N–H and O–H groups in total. The number of Topliss-reactive ketones (excluding diaryl/α,β-unsaturated/α-hetero) is 1. The van der Waals surface area contributed by atoms with Gasteiger partial charge in [-0.2, -0.15) is 13.2 Å². The van der Waals surface area contributed by atoms with Gasteiger partial charge in [-0.25, -0.2) is 0 Å². The van der Waals surface area contributed by atoms with Crippen LogP contribution in [0.5, 0.6) is 0 Å². The first-order valence-corrected chi connectivity index (χ1v) is 5.37. The van der Waals surface area contributed by atoms with E-state index >= 15 is 0 Å². The lowest BCUT2D eigenvalue weighted by Crippen LogP contribution is -2.36. The average Bonchev–Trinajstić information content (AvgIpc) is 2.27. The Balaban J connectivity index is 2.88. The summed E-state index contributed by atoms with van der Waals surface area (Å²) in [6, 6.07) is 5.83. The number of anilines is 1. The standard InChI is InChI=1S/C12H14F3NO2/c1-9(18)10-2-4-11(5-3-10)16(6-7-17)8-12(13,14)15/h2-5,17H,6-8H2,1H3. The summed E-state index contributed by atoms with van der Waals surface area (Å²) in [5, 5.41) is 8.77. The van der Waals surface area contributed by atoms with Crippen LogP contribution in [0.4, 0.5) is 18.9 Å². The highest BCUT2D eigenvalue weighted by Gasteiger charge is 2.30. The monoisotopic (exact) mass is 261 g/mol. The largest absolute Gasteiger partial charge is 0.405 e. The Morgan fingerprint density at radius 2 is 1.83 bits per heavy atom. The summed E-state index contributed by atoms with van der Waals surface area (Å²) < 4.78 is 37.0. The van der Waals surface area contributed by atoms with Crippen molar-refractivity contribution in [3.8, 4) is 0 Å². The lowest BCUT2D eigenvalue weighted by molar-refractivity contribution is -0.119. The summed E-state index contributed by atoms with van der Waals surface area (Å²) in [7, 11) is 0. The first kappa shape index (κ1) is 14.5. The molecule has 0 heterocycles. The Bertz CT molecular complexity index is 401. The number of aliphatic hydroxyl groups is 1. The number of ketones is 1. The minimum atomic E-state index is -4.34. The van der Waals surface area contributed by atoms with Crippen LogP contribution in [0.3, 0.4) is 0 Å². The Morgan fingerprint density at radius 3 is 2.22 bits per heavy atom. The molecule has 18 heavy (non-hydrogen) atoms. The summed E-state index contributed by atoms with van der Waals surface area (Å²) in [4.78, 5) is 12.1. The Labute approximate surface area is 103 Å². The molecule has 0 unspecified atom stereocenters. The second-order valence-corrected chi connectivity index (χ2v) is 3.86. The van der Waals surface area contributed by atoms with Crippen LogP contribution in [-0.2, 0) is 0 Å².